The normalized spacial score (nSPS) is 12.5. The first-order valence-corrected chi connectivity index (χ1v) is 10.3. The molecule has 0 heterocycles. The number of amides is 1. The third-order valence-corrected chi connectivity index (χ3v) is 5.99. The molecule has 0 fully saturated rings. The number of ether oxygens (including phenoxy) is 1. The lowest BCUT2D eigenvalue weighted by Gasteiger charge is -2.16. The van der Waals surface area contributed by atoms with Crippen LogP contribution in [0.25, 0.3) is 0 Å². The van der Waals surface area contributed by atoms with Gasteiger partial charge in [0.15, 0.2) is 0 Å². The van der Waals surface area contributed by atoms with Crippen LogP contribution in [0.15, 0.2) is 41.3 Å². The number of methoxy groups -OCH3 is 1. The highest BCUT2D eigenvalue weighted by Crippen LogP contribution is 2.27. The molecule has 0 aliphatic carbocycles. The number of nitrogens with one attached hydrogen (secondary N) is 2. The van der Waals surface area contributed by atoms with E-state index in [9.17, 15) is 13.2 Å². The number of hydrogen-bond donors (Lipinski definition) is 2. The van der Waals surface area contributed by atoms with Crippen LogP contribution in [0.5, 0.6) is 5.75 Å². The van der Waals surface area contributed by atoms with Crippen molar-refractivity contribution < 1.29 is 17.9 Å². The van der Waals surface area contributed by atoms with E-state index in [0.29, 0.717) is 15.6 Å². The van der Waals surface area contributed by atoms with Crippen molar-refractivity contribution in [2.75, 3.05) is 7.11 Å². The Labute approximate surface area is 172 Å². The van der Waals surface area contributed by atoms with Crippen LogP contribution in [0.3, 0.4) is 0 Å². The first kappa shape index (κ1) is 21.8. The van der Waals surface area contributed by atoms with E-state index in [4.69, 9.17) is 39.5 Å². The SMILES string of the molecule is COc1ccc(Cl)cc1S(=O)(=O)N[C@H](C)C(=O)NCc1ccc(Cl)cc1Cl. The van der Waals surface area contributed by atoms with Crippen LogP contribution in [-0.4, -0.2) is 27.5 Å². The van der Waals surface area contributed by atoms with E-state index >= 15 is 0 Å². The van der Waals surface area contributed by atoms with Gasteiger partial charge in [0.05, 0.1) is 13.2 Å². The van der Waals surface area contributed by atoms with E-state index in [0.717, 1.165) is 0 Å². The highest BCUT2D eigenvalue weighted by molar-refractivity contribution is 7.89. The zero-order chi connectivity index (χ0) is 20.2. The summed E-state index contributed by atoms with van der Waals surface area (Å²) < 4.78 is 32.5. The van der Waals surface area contributed by atoms with Gasteiger partial charge in [0.2, 0.25) is 15.9 Å². The van der Waals surface area contributed by atoms with E-state index in [2.05, 4.69) is 10.0 Å². The van der Waals surface area contributed by atoms with Gasteiger partial charge in [-0.1, -0.05) is 40.9 Å². The van der Waals surface area contributed by atoms with Crippen LogP contribution < -0.4 is 14.8 Å². The molecule has 2 aromatic rings. The fraction of sp³-hybridized carbons (Fsp3) is 0.235. The Bertz CT molecular complexity index is 951. The van der Waals surface area contributed by atoms with Gasteiger partial charge in [-0.05, 0) is 42.8 Å². The molecule has 1 amide bonds. The predicted octanol–water partition coefficient (Wildman–Crippen LogP) is 3.64. The molecule has 2 N–H and O–H groups in total. The average Bonchev–Trinajstić information content (AvgIpc) is 2.60. The molecular formula is C17H17Cl3N2O4S. The van der Waals surface area contributed by atoms with Crippen LogP contribution in [0.4, 0.5) is 0 Å². The standard InChI is InChI=1S/C17H17Cl3N2O4S/c1-10(17(23)21-9-11-3-4-12(18)7-14(11)20)22-27(24,25)16-8-13(19)5-6-15(16)26-2/h3-8,10,22H,9H2,1-2H3,(H,21,23)/t10-/m1/s1. The Morgan fingerprint density at radius 3 is 2.37 bits per heavy atom. The smallest absolute Gasteiger partial charge is 0.245 e. The lowest BCUT2D eigenvalue weighted by Crippen LogP contribution is -2.44. The van der Waals surface area contributed by atoms with Gasteiger partial charge in [-0.15, -0.1) is 0 Å². The Kier molecular flexibility index (Phi) is 7.36. The van der Waals surface area contributed by atoms with Crippen molar-refractivity contribution in [3.63, 3.8) is 0 Å². The van der Waals surface area contributed by atoms with Gasteiger partial charge in [-0.25, -0.2) is 8.42 Å². The van der Waals surface area contributed by atoms with Crippen LogP contribution in [0.2, 0.25) is 15.1 Å². The monoisotopic (exact) mass is 450 g/mol. The lowest BCUT2D eigenvalue weighted by atomic mass is 10.2. The molecule has 6 nitrogen and oxygen atoms in total. The van der Waals surface area contributed by atoms with Gasteiger partial charge in [0, 0.05) is 21.6 Å². The number of hydrogen-bond acceptors (Lipinski definition) is 4. The maximum atomic E-state index is 12.6. The summed E-state index contributed by atoms with van der Waals surface area (Å²) in [6.45, 7) is 1.55. The number of sulfonamides is 1. The van der Waals surface area contributed by atoms with Gasteiger partial charge in [0.1, 0.15) is 10.6 Å². The van der Waals surface area contributed by atoms with E-state index in [1.165, 1.54) is 32.2 Å². The highest BCUT2D eigenvalue weighted by atomic mass is 35.5. The molecule has 1 atom stereocenters. The minimum atomic E-state index is -4.03. The van der Waals surface area contributed by atoms with Crippen LogP contribution >= 0.6 is 34.8 Å². The predicted molar refractivity (Wildman–Crippen MR) is 106 cm³/mol. The molecule has 2 rings (SSSR count). The van der Waals surface area contributed by atoms with Crippen molar-refractivity contribution in [1.29, 1.82) is 0 Å². The molecule has 27 heavy (non-hydrogen) atoms. The fourth-order valence-electron chi connectivity index (χ4n) is 2.21. The summed E-state index contributed by atoms with van der Waals surface area (Å²) in [5.41, 5.74) is 0.654. The maximum Gasteiger partial charge on any atom is 0.245 e. The Balaban J connectivity index is 2.08. The van der Waals surface area contributed by atoms with E-state index in [1.807, 2.05) is 0 Å². The fourth-order valence-corrected chi connectivity index (χ4v) is 4.32. The quantitative estimate of drug-likeness (QED) is 0.673. The third kappa shape index (κ3) is 5.73. The number of halogens is 3. The second kappa shape index (κ2) is 9.12. The number of carbonyl (C=O) groups is 1. The Morgan fingerprint density at radius 2 is 1.74 bits per heavy atom. The number of carbonyl (C=O) groups excluding carboxylic acids is 1. The molecule has 0 spiro atoms. The largest absolute Gasteiger partial charge is 0.495 e. The van der Waals surface area contributed by atoms with Crippen LogP contribution in [-0.2, 0) is 21.4 Å². The zero-order valence-electron chi connectivity index (χ0n) is 14.4. The molecule has 0 unspecified atom stereocenters. The molecule has 146 valence electrons. The summed E-state index contributed by atoms with van der Waals surface area (Å²) in [5, 5.41) is 3.73. The molecule has 0 saturated heterocycles. The van der Waals surface area contributed by atoms with Gasteiger partial charge < -0.3 is 10.1 Å². The van der Waals surface area contributed by atoms with Crippen LogP contribution in [0, 0.1) is 0 Å². The zero-order valence-corrected chi connectivity index (χ0v) is 17.5. The first-order valence-electron chi connectivity index (χ1n) is 7.71. The third-order valence-electron chi connectivity index (χ3n) is 3.61. The summed E-state index contributed by atoms with van der Waals surface area (Å²) in [5.74, 6) is -0.405. The van der Waals surface area contributed by atoms with Gasteiger partial charge in [-0.3, -0.25) is 4.79 Å². The van der Waals surface area contributed by atoms with E-state index in [-0.39, 0.29) is 22.2 Å². The van der Waals surface area contributed by atoms with Crippen molar-refractivity contribution in [3.05, 3.63) is 57.0 Å². The molecule has 0 aromatic heterocycles. The second-order valence-electron chi connectivity index (χ2n) is 5.59. The maximum absolute atomic E-state index is 12.6. The lowest BCUT2D eigenvalue weighted by molar-refractivity contribution is -0.122. The molecular weight excluding hydrogens is 435 g/mol. The van der Waals surface area contributed by atoms with E-state index < -0.39 is 22.0 Å². The Hall–Kier alpha value is -1.51. The van der Waals surface area contributed by atoms with E-state index in [1.54, 1.807) is 18.2 Å². The van der Waals surface area contributed by atoms with Gasteiger partial charge in [0.25, 0.3) is 0 Å². The van der Waals surface area contributed by atoms with Crippen LogP contribution in [0.1, 0.15) is 12.5 Å². The van der Waals surface area contributed by atoms with Crippen molar-refractivity contribution in [2.45, 2.75) is 24.4 Å². The highest BCUT2D eigenvalue weighted by Gasteiger charge is 2.25. The summed E-state index contributed by atoms with van der Waals surface area (Å²) >= 11 is 17.8. The summed E-state index contributed by atoms with van der Waals surface area (Å²) in [6.07, 6.45) is 0. The summed E-state index contributed by atoms with van der Waals surface area (Å²) in [4.78, 5) is 12.1. The first-order chi connectivity index (χ1) is 12.6. The number of benzene rings is 2. The molecule has 0 aliphatic rings. The van der Waals surface area contributed by atoms with Crippen molar-refractivity contribution in [3.8, 4) is 5.75 Å². The molecule has 0 radical (unpaired) electrons. The summed E-state index contributed by atoms with van der Waals surface area (Å²) in [6, 6.07) is 8.03. The number of rotatable bonds is 7. The average molecular weight is 452 g/mol. The molecule has 0 saturated carbocycles. The molecule has 10 heteroatoms. The molecule has 0 bridgehead atoms. The van der Waals surface area contributed by atoms with Crippen molar-refractivity contribution >= 4 is 50.7 Å². The van der Waals surface area contributed by atoms with Crippen molar-refractivity contribution in [2.24, 2.45) is 0 Å². The summed E-state index contributed by atoms with van der Waals surface area (Å²) in [7, 11) is -2.69. The van der Waals surface area contributed by atoms with Gasteiger partial charge in [-0.2, -0.15) is 4.72 Å². The Morgan fingerprint density at radius 1 is 1.11 bits per heavy atom. The topological polar surface area (TPSA) is 84.5 Å². The molecule has 0 aliphatic heterocycles. The van der Waals surface area contributed by atoms with Gasteiger partial charge >= 0.3 is 0 Å². The minimum absolute atomic E-state index is 0.118. The second-order valence-corrected chi connectivity index (χ2v) is 8.55. The molecule has 2 aromatic carbocycles. The minimum Gasteiger partial charge on any atom is -0.495 e. The van der Waals surface area contributed by atoms with Crippen molar-refractivity contribution in [1.82, 2.24) is 10.0 Å².